The van der Waals surface area contributed by atoms with Gasteiger partial charge < -0.3 is 19.9 Å². The summed E-state index contributed by atoms with van der Waals surface area (Å²) < 4.78 is 7.57. The van der Waals surface area contributed by atoms with Gasteiger partial charge in [-0.25, -0.2) is 4.98 Å². The molecule has 7 heteroatoms. The molecular weight excluding hydrogens is 453 g/mol. The standard InChI is InChI=1S/C20H31N5O.HI/c1-16-7-8-18(15-19(16)26-4)9-11-24-20(21-3)23-10-5-6-13-25-14-12-22-17(25)2;/h7-8,12,14-15H,5-6,9-11,13H2,1-4H3,(H2,21,23,24);1H. The third kappa shape index (κ3) is 7.78. The predicted octanol–water partition coefficient (Wildman–Crippen LogP) is 3.31. The normalized spacial score (nSPS) is 11.0. The molecule has 0 atom stereocenters. The van der Waals surface area contributed by atoms with Crippen molar-refractivity contribution in [3.63, 3.8) is 0 Å². The van der Waals surface area contributed by atoms with Crippen molar-refractivity contribution < 1.29 is 4.74 Å². The molecule has 1 heterocycles. The van der Waals surface area contributed by atoms with Gasteiger partial charge in [0.15, 0.2) is 5.96 Å². The number of nitrogens with zero attached hydrogens (tertiary/aromatic N) is 3. The van der Waals surface area contributed by atoms with Crippen LogP contribution in [0.3, 0.4) is 0 Å². The smallest absolute Gasteiger partial charge is 0.190 e. The second-order valence-corrected chi connectivity index (χ2v) is 6.35. The molecule has 0 saturated carbocycles. The zero-order chi connectivity index (χ0) is 18.8. The van der Waals surface area contributed by atoms with Crippen LogP contribution in [-0.2, 0) is 13.0 Å². The van der Waals surface area contributed by atoms with Gasteiger partial charge in [-0.15, -0.1) is 24.0 Å². The quantitative estimate of drug-likeness (QED) is 0.248. The second-order valence-electron chi connectivity index (χ2n) is 6.35. The molecule has 0 fully saturated rings. The van der Waals surface area contributed by atoms with Crippen LogP contribution >= 0.6 is 24.0 Å². The molecule has 0 aliphatic heterocycles. The van der Waals surface area contributed by atoms with Crippen LogP contribution in [0.2, 0.25) is 0 Å². The molecule has 0 amide bonds. The number of hydrogen-bond acceptors (Lipinski definition) is 3. The van der Waals surface area contributed by atoms with Gasteiger partial charge in [-0.05, 0) is 50.3 Å². The van der Waals surface area contributed by atoms with Crippen molar-refractivity contribution in [1.29, 1.82) is 0 Å². The lowest BCUT2D eigenvalue weighted by Gasteiger charge is -2.13. The first-order valence-corrected chi connectivity index (χ1v) is 9.20. The monoisotopic (exact) mass is 485 g/mol. The fraction of sp³-hybridized carbons (Fsp3) is 0.500. The topological polar surface area (TPSA) is 63.5 Å². The molecule has 0 aliphatic rings. The van der Waals surface area contributed by atoms with Gasteiger partial charge in [0.2, 0.25) is 0 Å². The van der Waals surface area contributed by atoms with E-state index in [1.54, 1.807) is 14.2 Å². The average molecular weight is 485 g/mol. The Hall–Kier alpha value is -1.77. The number of ether oxygens (including phenoxy) is 1. The summed E-state index contributed by atoms with van der Waals surface area (Å²) in [6.07, 6.45) is 7.02. The van der Waals surface area contributed by atoms with E-state index in [0.717, 1.165) is 62.0 Å². The first-order valence-electron chi connectivity index (χ1n) is 9.20. The minimum atomic E-state index is 0. The van der Waals surface area contributed by atoms with Crippen molar-refractivity contribution in [2.45, 2.75) is 39.7 Å². The lowest BCUT2D eigenvalue weighted by atomic mass is 10.1. The zero-order valence-corrected chi connectivity index (χ0v) is 19.1. The number of methoxy groups -OCH3 is 1. The molecule has 150 valence electrons. The van der Waals surface area contributed by atoms with Gasteiger partial charge in [0.05, 0.1) is 7.11 Å². The number of aromatic nitrogens is 2. The number of imidazole rings is 1. The number of hydrogen-bond donors (Lipinski definition) is 2. The fourth-order valence-corrected chi connectivity index (χ4v) is 2.82. The summed E-state index contributed by atoms with van der Waals surface area (Å²) in [7, 11) is 3.52. The van der Waals surface area contributed by atoms with Crippen LogP contribution in [0, 0.1) is 13.8 Å². The number of aryl methyl sites for hydroxylation is 3. The van der Waals surface area contributed by atoms with Crippen molar-refractivity contribution >= 4 is 29.9 Å². The Morgan fingerprint density at radius 1 is 1.19 bits per heavy atom. The van der Waals surface area contributed by atoms with E-state index in [2.05, 4.69) is 50.3 Å². The molecule has 1 aromatic carbocycles. The highest BCUT2D eigenvalue weighted by atomic mass is 127. The number of benzene rings is 1. The third-order valence-electron chi connectivity index (χ3n) is 4.44. The molecule has 0 saturated heterocycles. The molecule has 0 unspecified atom stereocenters. The molecule has 2 aromatic rings. The Morgan fingerprint density at radius 3 is 2.63 bits per heavy atom. The van der Waals surface area contributed by atoms with Gasteiger partial charge in [-0.2, -0.15) is 0 Å². The third-order valence-corrected chi connectivity index (χ3v) is 4.44. The summed E-state index contributed by atoms with van der Waals surface area (Å²) in [5, 5.41) is 6.74. The van der Waals surface area contributed by atoms with Crippen molar-refractivity contribution in [1.82, 2.24) is 20.2 Å². The van der Waals surface area contributed by atoms with Crippen LogP contribution in [0.25, 0.3) is 0 Å². The van der Waals surface area contributed by atoms with E-state index >= 15 is 0 Å². The largest absolute Gasteiger partial charge is 0.496 e. The highest BCUT2D eigenvalue weighted by Gasteiger charge is 2.02. The minimum Gasteiger partial charge on any atom is -0.496 e. The van der Waals surface area contributed by atoms with Gasteiger partial charge in [0, 0.05) is 39.1 Å². The van der Waals surface area contributed by atoms with Crippen LogP contribution < -0.4 is 15.4 Å². The maximum absolute atomic E-state index is 5.38. The van der Waals surface area contributed by atoms with Gasteiger partial charge >= 0.3 is 0 Å². The Kier molecular flexibility index (Phi) is 10.8. The first-order chi connectivity index (χ1) is 12.6. The number of unbranched alkanes of at least 4 members (excludes halogenated alkanes) is 1. The molecule has 0 spiro atoms. The van der Waals surface area contributed by atoms with Crippen molar-refractivity contribution in [3.05, 3.63) is 47.5 Å². The molecule has 0 radical (unpaired) electrons. The molecule has 2 rings (SSSR count). The highest BCUT2D eigenvalue weighted by Crippen LogP contribution is 2.18. The Morgan fingerprint density at radius 2 is 1.96 bits per heavy atom. The summed E-state index contributed by atoms with van der Waals surface area (Å²) in [5.41, 5.74) is 2.42. The van der Waals surface area contributed by atoms with Crippen LogP contribution in [0.1, 0.15) is 29.8 Å². The van der Waals surface area contributed by atoms with Crippen LogP contribution in [0.5, 0.6) is 5.75 Å². The van der Waals surface area contributed by atoms with Crippen molar-refractivity contribution in [2.24, 2.45) is 4.99 Å². The number of aliphatic imine (C=N–C) groups is 1. The Bertz CT molecular complexity index is 714. The van der Waals surface area contributed by atoms with E-state index in [4.69, 9.17) is 4.74 Å². The number of nitrogens with one attached hydrogen (secondary N) is 2. The van der Waals surface area contributed by atoms with Crippen molar-refractivity contribution in [3.8, 4) is 5.75 Å². The molecule has 27 heavy (non-hydrogen) atoms. The maximum Gasteiger partial charge on any atom is 0.190 e. The maximum atomic E-state index is 5.38. The van der Waals surface area contributed by atoms with Crippen LogP contribution in [0.15, 0.2) is 35.6 Å². The van der Waals surface area contributed by atoms with E-state index in [1.807, 2.05) is 19.3 Å². The van der Waals surface area contributed by atoms with E-state index in [-0.39, 0.29) is 24.0 Å². The lowest BCUT2D eigenvalue weighted by Crippen LogP contribution is -2.38. The summed E-state index contributed by atoms with van der Waals surface area (Å²) in [5.74, 6) is 2.86. The van der Waals surface area contributed by atoms with E-state index in [1.165, 1.54) is 5.56 Å². The fourth-order valence-electron chi connectivity index (χ4n) is 2.82. The van der Waals surface area contributed by atoms with Gasteiger partial charge in [0.1, 0.15) is 11.6 Å². The average Bonchev–Trinajstić information content (AvgIpc) is 3.06. The number of halogens is 1. The molecule has 2 N–H and O–H groups in total. The summed E-state index contributed by atoms with van der Waals surface area (Å²) in [6.45, 7) is 6.84. The summed E-state index contributed by atoms with van der Waals surface area (Å²) in [6, 6.07) is 6.35. The molecule has 1 aromatic heterocycles. The van der Waals surface area contributed by atoms with Gasteiger partial charge in [-0.1, -0.05) is 12.1 Å². The number of rotatable bonds is 9. The Balaban J connectivity index is 0.00000364. The molecule has 0 aliphatic carbocycles. The van der Waals surface area contributed by atoms with E-state index in [0.29, 0.717) is 0 Å². The van der Waals surface area contributed by atoms with Crippen molar-refractivity contribution in [2.75, 3.05) is 27.2 Å². The van der Waals surface area contributed by atoms with Gasteiger partial charge in [-0.3, -0.25) is 4.99 Å². The Labute approximate surface area is 179 Å². The number of guanidine groups is 1. The first kappa shape index (κ1) is 23.3. The lowest BCUT2D eigenvalue weighted by molar-refractivity contribution is 0.411. The zero-order valence-electron chi connectivity index (χ0n) is 16.8. The van der Waals surface area contributed by atoms with Crippen LogP contribution in [-0.4, -0.2) is 42.8 Å². The van der Waals surface area contributed by atoms with Gasteiger partial charge in [0.25, 0.3) is 0 Å². The van der Waals surface area contributed by atoms with E-state index in [9.17, 15) is 0 Å². The van der Waals surface area contributed by atoms with E-state index < -0.39 is 0 Å². The molecule has 6 nitrogen and oxygen atoms in total. The summed E-state index contributed by atoms with van der Waals surface area (Å²) >= 11 is 0. The molecule has 0 bridgehead atoms. The highest BCUT2D eigenvalue weighted by molar-refractivity contribution is 14.0. The van der Waals surface area contributed by atoms with Crippen LogP contribution in [0.4, 0.5) is 0 Å². The summed E-state index contributed by atoms with van der Waals surface area (Å²) in [4.78, 5) is 8.52. The second kappa shape index (κ2) is 12.6. The minimum absolute atomic E-state index is 0. The predicted molar refractivity (Wildman–Crippen MR) is 122 cm³/mol. The molecular formula is C20H32IN5O. The SMILES string of the molecule is CN=C(NCCCCn1ccnc1C)NCCc1ccc(C)c(OC)c1.I.